The second-order valence-corrected chi connectivity index (χ2v) is 9.43. The van der Waals surface area contributed by atoms with Crippen molar-refractivity contribution >= 4 is 34.3 Å². The van der Waals surface area contributed by atoms with Gasteiger partial charge in [-0.2, -0.15) is 0 Å². The van der Waals surface area contributed by atoms with Gasteiger partial charge in [0.05, 0.1) is 11.1 Å². The first-order valence-corrected chi connectivity index (χ1v) is 11.4. The smallest absolute Gasteiger partial charge is 0.422 e. The monoisotopic (exact) mass is 419 g/mol. The number of para-hydroxylation sites is 1. The van der Waals surface area contributed by atoms with Crippen LogP contribution >= 0.6 is 0 Å². The molecule has 2 aromatic heterocycles. The molecule has 3 aromatic carbocycles. The first-order valence-electron chi connectivity index (χ1n) is 11.4. The molecule has 3 heterocycles. The van der Waals surface area contributed by atoms with E-state index in [0.717, 1.165) is 22.3 Å². The Kier molecular flexibility index (Phi) is 4.07. The predicted molar refractivity (Wildman–Crippen MR) is 133 cm³/mol. The molecule has 5 heteroatoms. The second kappa shape index (κ2) is 6.76. The first-order chi connectivity index (χ1) is 15.5. The van der Waals surface area contributed by atoms with E-state index in [4.69, 9.17) is 4.98 Å². The van der Waals surface area contributed by atoms with E-state index < -0.39 is 0 Å². The molecule has 0 saturated carbocycles. The molecule has 1 aliphatic heterocycles. The van der Waals surface area contributed by atoms with Crippen LogP contribution in [0.5, 0.6) is 5.75 Å². The van der Waals surface area contributed by atoms with Gasteiger partial charge in [0.25, 0.3) is 0 Å². The average molecular weight is 419 g/mol. The van der Waals surface area contributed by atoms with Crippen LogP contribution in [-0.2, 0) is 0 Å². The molecule has 1 N–H and O–H groups in total. The summed E-state index contributed by atoms with van der Waals surface area (Å²) in [5.41, 5.74) is 7.10. The Morgan fingerprint density at radius 2 is 1.56 bits per heavy atom. The zero-order valence-electron chi connectivity index (χ0n) is 18.9. The molecule has 0 unspecified atom stereocenters. The maximum Gasteiger partial charge on any atom is 0.422 e. The highest BCUT2D eigenvalue weighted by Crippen LogP contribution is 2.43. The van der Waals surface area contributed by atoms with E-state index in [-0.39, 0.29) is 12.7 Å². The summed E-state index contributed by atoms with van der Waals surface area (Å²) in [5.74, 6) is 1.87. The number of hydrogen-bond acceptors (Lipinski definition) is 2. The third-order valence-corrected chi connectivity index (χ3v) is 6.93. The van der Waals surface area contributed by atoms with Crippen molar-refractivity contribution in [1.29, 1.82) is 0 Å². The molecule has 0 radical (unpaired) electrons. The van der Waals surface area contributed by atoms with E-state index in [9.17, 15) is 5.11 Å². The molecule has 0 amide bonds. The van der Waals surface area contributed by atoms with Gasteiger partial charge in [-0.1, -0.05) is 64.1 Å². The van der Waals surface area contributed by atoms with Crippen molar-refractivity contribution in [2.24, 2.45) is 0 Å². The van der Waals surface area contributed by atoms with E-state index in [0.29, 0.717) is 11.8 Å². The number of rotatable bonds is 3. The summed E-state index contributed by atoms with van der Waals surface area (Å²) in [5, 5.41) is 13.3. The van der Waals surface area contributed by atoms with E-state index >= 15 is 0 Å². The van der Waals surface area contributed by atoms with Gasteiger partial charge in [-0.15, -0.1) is 0 Å². The molecule has 0 spiro atoms. The van der Waals surface area contributed by atoms with Crippen molar-refractivity contribution in [3.63, 3.8) is 0 Å². The lowest BCUT2D eigenvalue weighted by Crippen LogP contribution is -2.50. The van der Waals surface area contributed by atoms with Gasteiger partial charge in [0, 0.05) is 28.7 Å². The number of phenols is 1. The number of phenolic OH excluding ortho intramolecular Hbond substituents is 1. The number of fused-ring (bicyclic) bond motifs is 5. The zero-order valence-corrected chi connectivity index (χ0v) is 18.9. The second-order valence-electron chi connectivity index (χ2n) is 9.43. The summed E-state index contributed by atoms with van der Waals surface area (Å²) in [4.78, 5) is 4.73. The lowest BCUT2D eigenvalue weighted by atomic mass is 9.59. The quantitative estimate of drug-likeness (QED) is 0.373. The van der Waals surface area contributed by atoms with Crippen molar-refractivity contribution in [2.45, 2.75) is 39.5 Å². The van der Waals surface area contributed by atoms with E-state index in [1.807, 2.05) is 12.3 Å². The minimum absolute atomic E-state index is 0.0693. The van der Waals surface area contributed by atoms with E-state index in [2.05, 4.69) is 85.3 Å². The Hall–Kier alpha value is -3.47. The average Bonchev–Trinajstić information content (AvgIpc) is 3.39. The molecule has 0 fully saturated rings. The maximum atomic E-state index is 10.9. The molecule has 6 rings (SSSR count). The first kappa shape index (κ1) is 19.2. The topological polar surface area (TPSA) is 43.0 Å². The van der Waals surface area contributed by atoms with Crippen LogP contribution in [0.3, 0.4) is 0 Å². The molecule has 4 nitrogen and oxygen atoms in total. The number of aromatic hydroxyl groups is 1. The normalized spacial score (nSPS) is 13.0. The highest BCUT2D eigenvalue weighted by Gasteiger charge is 2.39. The molecular formula is C27H26BN3O. The lowest BCUT2D eigenvalue weighted by molar-refractivity contribution is 0.477. The minimum Gasteiger partial charge on any atom is -0.507 e. The summed E-state index contributed by atoms with van der Waals surface area (Å²) >= 11 is 0. The van der Waals surface area contributed by atoms with Crippen molar-refractivity contribution in [2.75, 3.05) is 0 Å². The van der Waals surface area contributed by atoms with Crippen LogP contribution in [0.4, 0.5) is 0 Å². The van der Waals surface area contributed by atoms with Gasteiger partial charge in [-0.25, -0.2) is 4.98 Å². The number of imidazole rings is 1. The fraction of sp³-hybridized carbons (Fsp3) is 0.222. The van der Waals surface area contributed by atoms with Crippen LogP contribution in [0.25, 0.3) is 33.2 Å². The predicted octanol–water partition coefficient (Wildman–Crippen LogP) is 5.72. The Balaban J connectivity index is 1.85. The number of hydrogen-bond donors (Lipinski definition) is 1. The fourth-order valence-corrected chi connectivity index (χ4v) is 5.56. The van der Waals surface area contributed by atoms with Crippen molar-refractivity contribution in [1.82, 2.24) is 13.9 Å². The van der Waals surface area contributed by atoms with Gasteiger partial charge in [-0.3, -0.25) is 0 Å². The molecule has 0 aliphatic carbocycles. The molecule has 5 aromatic rings. The summed E-state index contributed by atoms with van der Waals surface area (Å²) in [6.07, 6.45) is 3.90. The van der Waals surface area contributed by atoms with Crippen molar-refractivity contribution in [3.05, 3.63) is 78.1 Å². The Labute approximate surface area is 188 Å². The molecule has 1 aliphatic rings. The van der Waals surface area contributed by atoms with Gasteiger partial charge in [0.2, 0.25) is 0 Å². The number of aromatic nitrogens is 3. The molecule has 0 atom stereocenters. The third-order valence-electron chi connectivity index (χ3n) is 6.93. The fourth-order valence-electron chi connectivity index (χ4n) is 5.56. The lowest BCUT2D eigenvalue weighted by Gasteiger charge is -2.31. The van der Waals surface area contributed by atoms with Crippen LogP contribution in [0.2, 0.25) is 0 Å². The summed E-state index contributed by atoms with van der Waals surface area (Å²) < 4.78 is 4.66. The number of nitrogens with zero attached hydrogens (tertiary/aromatic N) is 3. The van der Waals surface area contributed by atoms with Crippen LogP contribution in [0.15, 0.2) is 67.0 Å². The van der Waals surface area contributed by atoms with Crippen LogP contribution < -0.4 is 5.46 Å². The van der Waals surface area contributed by atoms with Crippen LogP contribution in [0.1, 0.15) is 50.7 Å². The van der Waals surface area contributed by atoms with Gasteiger partial charge >= 0.3 is 6.98 Å². The number of benzene rings is 3. The van der Waals surface area contributed by atoms with E-state index in [1.54, 1.807) is 6.07 Å². The van der Waals surface area contributed by atoms with Gasteiger partial charge in [0.15, 0.2) is 0 Å². The summed E-state index contributed by atoms with van der Waals surface area (Å²) in [7, 11) is 0. The molecular weight excluding hydrogens is 393 g/mol. The zero-order chi connectivity index (χ0) is 22.1. The Morgan fingerprint density at radius 3 is 2.28 bits per heavy atom. The SMILES string of the molecule is CC(C)c1cccc(C(C)C)c1B1n2ccnc2-c2c(O)ccc3c4ccccc4n1c23. The third kappa shape index (κ3) is 2.42. The minimum atomic E-state index is -0.0693. The van der Waals surface area contributed by atoms with Gasteiger partial charge in [0.1, 0.15) is 11.6 Å². The summed E-state index contributed by atoms with van der Waals surface area (Å²) in [6.45, 7) is 9.00. The molecule has 0 bridgehead atoms. The Morgan fingerprint density at radius 1 is 0.844 bits per heavy atom. The maximum absolute atomic E-state index is 10.9. The molecule has 32 heavy (non-hydrogen) atoms. The van der Waals surface area contributed by atoms with Gasteiger partial charge < -0.3 is 14.1 Å². The van der Waals surface area contributed by atoms with Crippen LogP contribution in [0, 0.1) is 0 Å². The Bertz CT molecular complexity index is 1480. The van der Waals surface area contributed by atoms with Crippen molar-refractivity contribution < 1.29 is 5.11 Å². The largest absolute Gasteiger partial charge is 0.507 e. The molecule has 0 saturated heterocycles. The van der Waals surface area contributed by atoms with Crippen molar-refractivity contribution in [3.8, 4) is 17.1 Å². The van der Waals surface area contributed by atoms with Crippen LogP contribution in [-0.4, -0.2) is 26.0 Å². The summed E-state index contributed by atoms with van der Waals surface area (Å²) in [6, 6.07) is 19.1. The van der Waals surface area contributed by atoms with E-state index in [1.165, 1.54) is 27.5 Å². The highest BCUT2D eigenvalue weighted by atomic mass is 16.3. The standard InChI is InChI=1S/C27H26BN3O/c1-16(2)18-9-7-10-19(17(3)4)25(18)28-30-15-14-29-27(30)24-23(32)13-12-21-20-8-5-6-11-22(20)31(28)26(21)24/h5-17,32H,1-4H3. The van der Waals surface area contributed by atoms with Gasteiger partial charge in [-0.05, 0) is 46.6 Å². The molecule has 158 valence electrons. The highest BCUT2D eigenvalue weighted by molar-refractivity contribution is 6.74.